The average molecular weight is 228 g/mol. The minimum absolute atomic E-state index is 0.432. The maximum atomic E-state index is 6.10. The topological polar surface area (TPSA) is 38.4 Å². The third kappa shape index (κ3) is 4.45. The van der Waals surface area contributed by atoms with Crippen LogP contribution in [-0.2, 0) is 0 Å². The Kier molecular flexibility index (Phi) is 6.15. The van der Waals surface area contributed by atoms with Crippen LogP contribution in [0.25, 0.3) is 0 Å². The Hall–Kier alpha value is -0.180. The summed E-state index contributed by atoms with van der Waals surface area (Å²) in [5.74, 6) is 2.61. The maximum Gasteiger partial charge on any atom is 0.0972 e. The number of thioether (sulfide) groups is 1. The lowest BCUT2D eigenvalue weighted by atomic mass is 9.88. The fraction of sp³-hybridized carbons (Fsp3) is 0.917. The fourth-order valence-electron chi connectivity index (χ4n) is 2.15. The van der Waals surface area contributed by atoms with Gasteiger partial charge in [-0.25, -0.2) is 0 Å². The van der Waals surface area contributed by atoms with E-state index in [2.05, 4.69) is 18.2 Å². The van der Waals surface area contributed by atoms with Crippen LogP contribution in [0.5, 0.6) is 0 Å². The van der Waals surface area contributed by atoms with Crippen LogP contribution in [0.1, 0.15) is 45.4 Å². The van der Waals surface area contributed by atoms with Crippen LogP contribution < -0.4 is 5.73 Å². The molecule has 0 spiro atoms. The quantitative estimate of drug-likeness (QED) is 0.580. The van der Waals surface area contributed by atoms with Gasteiger partial charge >= 0.3 is 0 Å². The van der Waals surface area contributed by atoms with E-state index in [9.17, 15) is 0 Å². The van der Waals surface area contributed by atoms with Crippen LogP contribution >= 0.6 is 11.8 Å². The van der Waals surface area contributed by atoms with Gasteiger partial charge in [-0.2, -0.15) is 11.8 Å². The van der Waals surface area contributed by atoms with Gasteiger partial charge in [0.15, 0.2) is 0 Å². The lowest BCUT2D eigenvalue weighted by molar-refractivity contribution is 0.435. The highest BCUT2D eigenvalue weighted by atomic mass is 32.2. The molecule has 3 heteroatoms. The normalized spacial score (nSPS) is 21.6. The molecular weight excluding hydrogens is 204 g/mol. The molecule has 15 heavy (non-hydrogen) atoms. The Morgan fingerprint density at radius 1 is 1.40 bits per heavy atom. The van der Waals surface area contributed by atoms with E-state index in [4.69, 9.17) is 5.73 Å². The summed E-state index contributed by atoms with van der Waals surface area (Å²) in [4.78, 5) is 4.68. The molecule has 0 aromatic carbocycles. The Morgan fingerprint density at radius 2 is 2.07 bits per heavy atom. The van der Waals surface area contributed by atoms with Crippen molar-refractivity contribution in [3.8, 4) is 0 Å². The SMILES string of the molecule is CCC(CSC)N=C(N)C1CCCCC1. The van der Waals surface area contributed by atoms with Gasteiger partial charge in [0.25, 0.3) is 0 Å². The van der Waals surface area contributed by atoms with Crippen molar-refractivity contribution in [1.29, 1.82) is 0 Å². The van der Waals surface area contributed by atoms with Gasteiger partial charge in [-0.3, -0.25) is 4.99 Å². The molecule has 1 unspecified atom stereocenters. The zero-order valence-electron chi connectivity index (χ0n) is 10.0. The van der Waals surface area contributed by atoms with Crippen LogP contribution in [0.3, 0.4) is 0 Å². The van der Waals surface area contributed by atoms with Crippen LogP contribution in [0, 0.1) is 5.92 Å². The van der Waals surface area contributed by atoms with Crippen molar-refractivity contribution in [3.63, 3.8) is 0 Å². The van der Waals surface area contributed by atoms with E-state index in [0.29, 0.717) is 12.0 Å². The maximum absolute atomic E-state index is 6.10. The number of amidine groups is 1. The van der Waals surface area contributed by atoms with Crippen molar-refractivity contribution in [2.75, 3.05) is 12.0 Å². The first kappa shape index (κ1) is 12.9. The van der Waals surface area contributed by atoms with E-state index in [0.717, 1.165) is 18.0 Å². The second-order valence-electron chi connectivity index (χ2n) is 4.41. The molecule has 0 aliphatic heterocycles. The van der Waals surface area contributed by atoms with Gasteiger partial charge in [-0.1, -0.05) is 26.2 Å². The lowest BCUT2D eigenvalue weighted by Crippen LogP contribution is -2.28. The third-order valence-electron chi connectivity index (χ3n) is 3.19. The predicted molar refractivity (Wildman–Crippen MR) is 70.7 cm³/mol. The summed E-state index contributed by atoms with van der Waals surface area (Å²) in [5.41, 5.74) is 6.10. The zero-order valence-corrected chi connectivity index (χ0v) is 10.9. The number of aliphatic imine (C=N–C) groups is 1. The summed E-state index contributed by atoms with van der Waals surface area (Å²) in [5, 5.41) is 0. The fourth-order valence-corrected chi connectivity index (χ4v) is 2.85. The molecule has 1 aliphatic carbocycles. The van der Waals surface area contributed by atoms with Gasteiger partial charge in [-0.15, -0.1) is 0 Å². The van der Waals surface area contributed by atoms with Gasteiger partial charge < -0.3 is 5.73 Å². The summed E-state index contributed by atoms with van der Waals surface area (Å²) in [6, 6.07) is 0.432. The molecule has 0 radical (unpaired) electrons. The number of hydrogen-bond donors (Lipinski definition) is 1. The molecule has 0 aromatic heterocycles. The molecule has 0 amide bonds. The van der Waals surface area contributed by atoms with E-state index >= 15 is 0 Å². The van der Waals surface area contributed by atoms with E-state index in [1.54, 1.807) is 0 Å². The molecule has 1 fully saturated rings. The average Bonchev–Trinajstić information content (AvgIpc) is 2.29. The molecule has 0 aromatic rings. The molecule has 2 N–H and O–H groups in total. The van der Waals surface area contributed by atoms with Crippen molar-refractivity contribution in [3.05, 3.63) is 0 Å². The van der Waals surface area contributed by atoms with Crippen molar-refractivity contribution in [2.45, 2.75) is 51.5 Å². The largest absolute Gasteiger partial charge is 0.387 e. The van der Waals surface area contributed by atoms with Crippen molar-refractivity contribution in [2.24, 2.45) is 16.6 Å². The van der Waals surface area contributed by atoms with Gasteiger partial charge in [0.05, 0.1) is 11.9 Å². The Labute approximate surface area is 98.1 Å². The van der Waals surface area contributed by atoms with Crippen LogP contribution in [0.15, 0.2) is 4.99 Å². The molecule has 2 nitrogen and oxygen atoms in total. The standard InChI is InChI=1S/C12H24N2S/c1-3-11(9-15-2)14-12(13)10-7-5-4-6-8-10/h10-11H,3-9H2,1-2H3,(H2,13,14). The molecule has 1 saturated carbocycles. The second-order valence-corrected chi connectivity index (χ2v) is 5.32. The minimum Gasteiger partial charge on any atom is -0.387 e. The Bertz CT molecular complexity index is 198. The van der Waals surface area contributed by atoms with E-state index in [-0.39, 0.29) is 0 Å². The van der Waals surface area contributed by atoms with Gasteiger partial charge in [0.1, 0.15) is 0 Å². The summed E-state index contributed by atoms with van der Waals surface area (Å²) in [6.45, 7) is 2.19. The highest BCUT2D eigenvalue weighted by molar-refractivity contribution is 7.98. The van der Waals surface area contributed by atoms with Crippen molar-refractivity contribution >= 4 is 17.6 Å². The molecule has 1 atom stereocenters. The van der Waals surface area contributed by atoms with Gasteiger partial charge in [-0.05, 0) is 25.5 Å². The Balaban J connectivity index is 2.47. The van der Waals surface area contributed by atoms with Crippen molar-refractivity contribution < 1.29 is 0 Å². The van der Waals surface area contributed by atoms with Crippen LogP contribution in [0.4, 0.5) is 0 Å². The number of hydrogen-bond acceptors (Lipinski definition) is 2. The first-order valence-corrected chi connectivity index (χ1v) is 7.49. The third-order valence-corrected chi connectivity index (χ3v) is 3.90. The molecule has 0 bridgehead atoms. The summed E-state index contributed by atoms with van der Waals surface area (Å²) in [6.07, 6.45) is 9.80. The van der Waals surface area contributed by atoms with Crippen molar-refractivity contribution in [1.82, 2.24) is 0 Å². The predicted octanol–water partition coefficient (Wildman–Crippen LogP) is 3.07. The first-order valence-electron chi connectivity index (χ1n) is 6.10. The monoisotopic (exact) mass is 228 g/mol. The highest BCUT2D eigenvalue weighted by Gasteiger charge is 2.17. The van der Waals surface area contributed by atoms with Gasteiger partial charge in [0.2, 0.25) is 0 Å². The summed E-state index contributed by atoms with van der Waals surface area (Å²) in [7, 11) is 0. The number of rotatable bonds is 5. The van der Waals surface area contributed by atoms with Crippen LogP contribution in [-0.4, -0.2) is 23.9 Å². The second kappa shape index (κ2) is 7.15. The minimum atomic E-state index is 0.432. The summed E-state index contributed by atoms with van der Waals surface area (Å²) >= 11 is 1.86. The lowest BCUT2D eigenvalue weighted by Gasteiger charge is -2.22. The molecule has 0 saturated heterocycles. The number of nitrogens with two attached hydrogens (primary N) is 1. The molecule has 88 valence electrons. The zero-order chi connectivity index (χ0) is 11.1. The molecule has 1 aliphatic rings. The highest BCUT2D eigenvalue weighted by Crippen LogP contribution is 2.24. The summed E-state index contributed by atoms with van der Waals surface area (Å²) < 4.78 is 0. The van der Waals surface area contributed by atoms with E-state index in [1.165, 1.54) is 32.1 Å². The van der Waals surface area contributed by atoms with E-state index < -0.39 is 0 Å². The molecule has 1 rings (SSSR count). The van der Waals surface area contributed by atoms with Gasteiger partial charge in [0, 0.05) is 11.7 Å². The first-order chi connectivity index (χ1) is 7.27. The molecule has 0 heterocycles. The van der Waals surface area contributed by atoms with E-state index in [1.807, 2.05) is 11.8 Å². The number of nitrogens with zero attached hydrogens (tertiary/aromatic N) is 1. The van der Waals surface area contributed by atoms with Crippen LogP contribution in [0.2, 0.25) is 0 Å². The molecular formula is C12H24N2S. The Morgan fingerprint density at radius 3 is 2.60 bits per heavy atom. The smallest absolute Gasteiger partial charge is 0.0972 e.